The van der Waals surface area contributed by atoms with Gasteiger partial charge in [-0.3, -0.25) is 10.2 Å². The fourth-order valence-electron chi connectivity index (χ4n) is 0.570. The monoisotopic (exact) mass is 162 g/mol. The van der Waals surface area contributed by atoms with Crippen LogP contribution in [0.25, 0.3) is 0 Å². The molecule has 66 valence electrons. The Morgan fingerprint density at radius 3 is 2.18 bits per heavy atom. The van der Waals surface area contributed by atoms with Gasteiger partial charge in [0.1, 0.15) is 0 Å². The normalized spacial score (nSPS) is 10.2. The van der Waals surface area contributed by atoms with Gasteiger partial charge in [-0.1, -0.05) is 0 Å². The van der Waals surface area contributed by atoms with Crippen molar-refractivity contribution in [2.24, 2.45) is 5.84 Å². The van der Waals surface area contributed by atoms with Crippen LogP contribution < -0.4 is 11.3 Å². The van der Waals surface area contributed by atoms with E-state index in [1.165, 1.54) is 0 Å². The number of rotatable bonds is 5. The molecule has 0 aliphatic heterocycles. The highest BCUT2D eigenvalue weighted by atomic mass is 16.7. The van der Waals surface area contributed by atoms with Crippen LogP contribution in [-0.4, -0.2) is 25.4 Å². The van der Waals surface area contributed by atoms with Crippen LogP contribution in [0, 0.1) is 0 Å². The first-order valence-electron chi connectivity index (χ1n) is 3.49. The first kappa shape index (κ1) is 10.3. The van der Waals surface area contributed by atoms with Crippen molar-refractivity contribution in [2.45, 2.75) is 20.1 Å². The molecule has 0 heterocycles. The van der Waals surface area contributed by atoms with Gasteiger partial charge in [0.05, 0.1) is 0 Å². The Hall–Kier alpha value is -0.650. The van der Waals surface area contributed by atoms with Crippen molar-refractivity contribution in [3.8, 4) is 0 Å². The quantitative estimate of drug-likeness (QED) is 0.244. The van der Waals surface area contributed by atoms with Gasteiger partial charge in [-0.25, -0.2) is 5.84 Å². The van der Waals surface area contributed by atoms with Crippen LogP contribution in [-0.2, 0) is 14.3 Å². The van der Waals surface area contributed by atoms with E-state index in [0.29, 0.717) is 13.2 Å². The number of ether oxygens (including phenoxy) is 2. The summed E-state index contributed by atoms with van der Waals surface area (Å²) in [7, 11) is 0. The van der Waals surface area contributed by atoms with Gasteiger partial charge in [0, 0.05) is 13.2 Å². The second kappa shape index (κ2) is 6.09. The van der Waals surface area contributed by atoms with Crippen molar-refractivity contribution in [2.75, 3.05) is 13.2 Å². The van der Waals surface area contributed by atoms with Crippen molar-refractivity contribution < 1.29 is 14.3 Å². The SMILES string of the molecule is CCOC(OCC)C(=O)NN. The Labute approximate surface area is 65.8 Å². The average Bonchev–Trinajstić information content (AvgIpc) is 2.03. The summed E-state index contributed by atoms with van der Waals surface area (Å²) in [4.78, 5) is 10.8. The summed E-state index contributed by atoms with van der Waals surface area (Å²) in [5.41, 5.74) is 1.95. The summed E-state index contributed by atoms with van der Waals surface area (Å²) < 4.78 is 9.84. The van der Waals surface area contributed by atoms with E-state index >= 15 is 0 Å². The van der Waals surface area contributed by atoms with Crippen molar-refractivity contribution in [1.29, 1.82) is 0 Å². The molecule has 0 atom stereocenters. The van der Waals surface area contributed by atoms with Crippen molar-refractivity contribution in [3.05, 3.63) is 0 Å². The van der Waals surface area contributed by atoms with Crippen LogP contribution in [0.3, 0.4) is 0 Å². The predicted molar refractivity (Wildman–Crippen MR) is 39.4 cm³/mol. The third kappa shape index (κ3) is 3.92. The van der Waals surface area contributed by atoms with E-state index in [2.05, 4.69) is 0 Å². The average molecular weight is 162 g/mol. The Morgan fingerprint density at radius 2 is 1.91 bits per heavy atom. The third-order valence-corrected chi connectivity index (χ3v) is 0.992. The molecule has 5 heteroatoms. The fourth-order valence-corrected chi connectivity index (χ4v) is 0.570. The van der Waals surface area contributed by atoms with E-state index < -0.39 is 12.2 Å². The maximum absolute atomic E-state index is 10.8. The Bertz CT molecular complexity index is 112. The molecule has 0 aromatic rings. The second-order valence-electron chi connectivity index (χ2n) is 1.75. The van der Waals surface area contributed by atoms with E-state index in [9.17, 15) is 4.79 Å². The summed E-state index contributed by atoms with van der Waals surface area (Å²) in [6, 6.07) is 0. The zero-order valence-corrected chi connectivity index (χ0v) is 6.79. The number of hydrogen-bond acceptors (Lipinski definition) is 4. The van der Waals surface area contributed by atoms with Crippen LogP contribution in [0.4, 0.5) is 0 Å². The predicted octanol–water partition coefficient (Wildman–Crippen LogP) is -0.625. The molecule has 0 saturated heterocycles. The molecule has 0 aliphatic rings. The molecule has 0 unspecified atom stereocenters. The molecule has 0 aromatic carbocycles. The summed E-state index contributed by atoms with van der Waals surface area (Å²) in [5, 5.41) is 0. The zero-order valence-electron chi connectivity index (χ0n) is 6.79. The van der Waals surface area contributed by atoms with Gasteiger partial charge < -0.3 is 9.47 Å². The minimum absolute atomic E-state index is 0.415. The molecular weight excluding hydrogens is 148 g/mol. The number of amides is 1. The first-order valence-corrected chi connectivity index (χ1v) is 3.49. The molecule has 0 radical (unpaired) electrons. The van der Waals surface area contributed by atoms with Gasteiger partial charge in [-0.2, -0.15) is 0 Å². The summed E-state index contributed by atoms with van der Waals surface area (Å²) >= 11 is 0. The minimum atomic E-state index is -0.880. The number of carbonyl (C=O) groups is 1. The van der Waals surface area contributed by atoms with Crippen LogP contribution in [0.15, 0.2) is 0 Å². The molecule has 0 bridgehead atoms. The smallest absolute Gasteiger partial charge is 0.290 e. The highest BCUT2D eigenvalue weighted by Crippen LogP contribution is 1.93. The molecule has 0 saturated carbocycles. The Balaban J connectivity index is 3.76. The molecule has 0 rings (SSSR count). The number of carbonyl (C=O) groups excluding carboxylic acids is 1. The molecule has 0 aromatic heterocycles. The van der Waals surface area contributed by atoms with Crippen LogP contribution in [0.1, 0.15) is 13.8 Å². The number of hydrazine groups is 1. The van der Waals surface area contributed by atoms with E-state index in [0.717, 1.165) is 0 Å². The van der Waals surface area contributed by atoms with E-state index in [1.54, 1.807) is 13.8 Å². The molecule has 0 spiro atoms. The van der Waals surface area contributed by atoms with Crippen LogP contribution in [0.2, 0.25) is 0 Å². The standard InChI is InChI=1S/C6H14N2O3/c1-3-10-6(11-4-2)5(9)8-7/h6H,3-4,7H2,1-2H3,(H,8,9). The lowest BCUT2D eigenvalue weighted by atomic mass is 10.6. The lowest BCUT2D eigenvalue weighted by Gasteiger charge is -2.13. The molecule has 0 aliphatic carbocycles. The van der Waals surface area contributed by atoms with Crippen molar-refractivity contribution in [3.63, 3.8) is 0 Å². The first-order chi connectivity index (χ1) is 5.26. The zero-order chi connectivity index (χ0) is 8.69. The van der Waals surface area contributed by atoms with Gasteiger partial charge in [-0.05, 0) is 13.8 Å². The van der Waals surface area contributed by atoms with Crippen molar-refractivity contribution >= 4 is 5.91 Å². The van der Waals surface area contributed by atoms with Gasteiger partial charge in [0.2, 0.25) is 6.29 Å². The van der Waals surface area contributed by atoms with E-state index in [1.807, 2.05) is 5.43 Å². The van der Waals surface area contributed by atoms with Gasteiger partial charge >= 0.3 is 0 Å². The van der Waals surface area contributed by atoms with Crippen molar-refractivity contribution in [1.82, 2.24) is 5.43 Å². The lowest BCUT2D eigenvalue weighted by molar-refractivity contribution is -0.170. The fraction of sp³-hybridized carbons (Fsp3) is 0.833. The maximum Gasteiger partial charge on any atom is 0.290 e. The van der Waals surface area contributed by atoms with Crippen LogP contribution in [0.5, 0.6) is 0 Å². The topological polar surface area (TPSA) is 73.6 Å². The largest absolute Gasteiger partial charge is 0.345 e. The number of nitrogens with one attached hydrogen (secondary N) is 1. The Morgan fingerprint density at radius 1 is 1.45 bits per heavy atom. The second-order valence-corrected chi connectivity index (χ2v) is 1.75. The third-order valence-electron chi connectivity index (χ3n) is 0.992. The van der Waals surface area contributed by atoms with E-state index in [4.69, 9.17) is 15.3 Å². The summed E-state index contributed by atoms with van der Waals surface area (Å²) in [5.74, 6) is 4.41. The molecule has 11 heavy (non-hydrogen) atoms. The number of hydrogen-bond donors (Lipinski definition) is 2. The summed E-state index contributed by atoms with van der Waals surface area (Å²) in [6.45, 7) is 4.38. The molecular formula is C6H14N2O3. The highest BCUT2D eigenvalue weighted by molar-refractivity contribution is 5.78. The summed E-state index contributed by atoms with van der Waals surface area (Å²) in [6.07, 6.45) is -0.880. The Kier molecular flexibility index (Phi) is 5.73. The lowest BCUT2D eigenvalue weighted by Crippen LogP contribution is -2.42. The molecule has 1 amide bonds. The van der Waals surface area contributed by atoms with Gasteiger partial charge in [0.25, 0.3) is 5.91 Å². The van der Waals surface area contributed by atoms with Gasteiger partial charge in [-0.15, -0.1) is 0 Å². The highest BCUT2D eigenvalue weighted by Gasteiger charge is 2.16. The maximum atomic E-state index is 10.8. The van der Waals surface area contributed by atoms with Crippen LogP contribution >= 0.6 is 0 Å². The van der Waals surface area contributed by atoms with Gasteiger partial charge in [0.15, 0.2) is 0 Å². The molecule has 0 fully saturated rings. The van der Waals surface area contributed by atoms with E-state index in [-0.39, 0.29) is 0 Å². The molecule has 5 nitrogen and oxygen atoms in total. The minimum Gasteiger partial charge on any atom is -0.345 e. The molecule has 3 N–H and O–H groups in total. The number of nitrogens with two attached hydrogens (primary N) is 1.